The van der Waals surface area contributed by atoms with Gasteiger partial charge in [0.2, 0.25) is 11.8 Å². The molecule has 0 radical (unpaired) electrons. The molecule has 0 unspecified atom stereocenters. The van der Waals surface area contributed by atoms with E-state index in [0.29, 0.717) is 17.7 Å². The SMILES string of the molecule is CC(C)CN1C[C@@H]2C(=O)N(C)C3(CCN(C(=O)C(C)C)CC3)[C@@H]2C1. The standard InChI is InChI=1S/C19H33N3O2/c1-13(2)10-21-11-15-16(12-21)19(20(5)18(15)24)6-8-22(9-7-19)17(23)14(3)4/h13-16H,6-12H2,1-5H3/t15-,16+/m0/s1. The Labute approximate surface area is 146 Å². The van der Waals surface area contributed by atoms with E-state index in [0.717, 1.165) is 45.6 Å². The number of rotatable bonds is 3. The highest BCUT2D eigenvalue weighted by atomic mass is 16.2. The topological polar surface area (TPSA) is 43.9 Å². The largest absolute Gasteiger partial charge is 0.342 e. The Morgan fingerprint density at radius 3 is 2.33 bits per heavy atom. The van der Waals surface area contributed by atoms with Crippen molar-refractivity contribution in [1.29, 1.82) is 0 Å². The van der Waals surface area contributed by atoms with Crippen LogP contribution in [-0.2, 0) is 9.59 Å². The summed E-state index contributed by atoms with van der Waals surface area (Å²) in [6, 6.07) is 0. The first kappa shape index (κ1) is 17.7. The van der Waals surface area contributed by atoms with Gasteiger partial charge in [-0.3, -0.25) is 9.59 Å². The fourth-order valence-corrected chi connectivity index (χ4v) is 5.25. The number of carbonyl (C=O) groups is 2. The third-order valence-corrected chi connectivity index (χ3v) is 6.46. The van der Waals surface area contributed by atoms with Crippen molar-refractivity contribution >= 4 is 11.8 Å². The first-order chi connectivity index (χ1) is 11.3. The maximum Gasteiger partial charge on any atom is 0.227 e. The van der Waals surface area contributed by atoms with Crippen molar-refractivity contribution in [1.82, 2.24) is 14.7 Å². The molecule has 3 heterocycles. The molecule has 3 aliphatic heterocycles. The Balaban J connectivity index is 1.73. The molecule has 3 saturated heterocycles. The average molecular weight is 335 g/mol. The molecule has 0 aromatic heterocycles. The van der Waals surface area contributed by atoms with Crippen LogP contribution in [0.2, 0.25) is 0 Å². The number of fused-ring (bicyclic) bond motifs is 2. The summed E-state index contributed by atoms with van der Waals surface area (Å²) >= 11 is 0. The van der Waals surface area contributed by atoms with Gasteiger partial charge in [0, 0.05) is 51.6 Å². The van der Waals surface area contributed by atoms with Gasteiger partial charge in [-0.15, -0.1) is 0 Å². The molecule has 3 fully saturated rings. The number of piperidine rings is 1. The maximum atomic E-state index is 12.8. The molecule has 136 valence electrons. The molecule has 3 rings (SSSR count). The smallest absolute Gasteiger partial charge is 0.227 e. The van der Waals surface area contributed by atoms with Gasteiger partial charge in [-0.25, -0.2) is 0 Å². The van der Waals surface area contributed by atoms with Crippen molar-refractivity contribution in [2.24, 2.45) is 23.7 Å². The zero-order chi connectivity index (χ0) is 17.6. The molecule has 0 saturated carbocycles. The summed E-state index contributed by atoms with van der Waals surface area (Å²) in [7, 11) is 1.99. The van der Waals surface area contributed by atoms with Crippen molar-refractivity contribution in [2.75, 3.05) is 39.8 Å². The predicted octanol–water partition coefficient (Wildman–Crippen LogP) is 1.68. The van der Waals surface area contributed by atoms with Crippen molar-refractivity contribution < 1.29 is 9.59 Å². The van der Waals surface area contributed by atoms with E-state index in [2.05, 4.69) is 18.7 Å². The van der Waals surface area contributed by atoms with Crippen LogP contribution < -0.4 is 0 Å². The highest BCUT2D eigenvalue weighted by Gasteiger charge is 2.60. The summed E-state index contributed by atoms with van der Waals surface area (Å²) in [5, 5.41) is 0. The lowest BCUT2D eigenvalue weighted by Crippen LogP contribution is -2.57. The van der Waals surface area contributed by atoms with Crippen LogP contribution in [0.1, 0.15) is 40.5 Å². The fourth-order valence-electron chi connectivity index (χ4n) is 5.25. The third-order valence-electron chi connectivity index (χ3n) is 6.46. The van der Waals surface area contributed by atoms with Crippen LogP contribution in [0.4, 0.5) is 0 Å². The van der Waals surface area contributed by atoms with E-state index in [1.807, 2.05) is 30.7 Å². The van der Waals surface area contributed by atoms with Gasteiger partial charge in [-0.2, -0.15) is 0 Å². The van der Waals surface area contributed by atoms with Gasteiger partial charge in [-0.1, -0.05) is 27.7 Å². The first-order valence-corrected chi connectivity index (χ1v) is 9.55. The summed E-state index contributed by atoms with van der Waals surface area (Å²) in [5.74, 6) is 1.88. The molecule has 0 aliphatic carbocycles. The lowest BCUT2D eigenvalue weighted by Gasteiger charge is -2.47. The number of carbonyl (C=O) groups excluding carboxylic acids is 2. The second-order valence-electron chi connectivity index (χ2n) is 8.81. The lowest BCUT2D eigenvalue weighted by atomic mass is 9.75. The van der Waals surface area contributed by atoms with Crippen LogP contribution in [0.5, 0.6) is 0 Å². The maximum absolute atomic E-state index is 12.8. The van der Waals surface area contributed by atoms with Gasteiger partial charge in [-0.05, 0) is 18.8 Å². The van der Waals surface area contributed by atoms with Gasteiger partial charge in [0.1, 0.15) is 0 Å². The Bertz CT molecular complexity index is 509. The number of hydrogen-bond acceptors (Lipinski definition) is 3. The van der Waals surface area contributed by atoms with Gasteiger partial charge < -0.3 is 14.7 Å². The molecule has 0 bridgehead atoms. The molecule has 0 aromatic carbocycles. The van der Waals surface area contributed by atoms with Crippen molar-refractivity contribution in [3.63, 3.8) is 0 Å². The van der Waals surface area contributed by atoms with E-state index in [4.69, 9.17) is 0 Å². The molecule has 1 spiro atoms. The van der Waals surface area contributed by atoms with Crippen LogP contribution in [0, 0.1) is 23.7 Å². The summed E-state index contributed by atoms with van der Waals surface area (Å²) in [6.45, 7) is 13.0. The first-order valence-electron chi connectivity index (χ1n) is 9.55. The van der Waals surface area contributed by atoms with E-state index in [-0.39, 0.29) is 23.3 Å². The highest BCUT2D eigenvalue weighted by Crippen LogP contribution is 2.49. The van der Waals surface area contributed by atoms with E-state index < -0.39 is 0 Å². The zero-order valence-electron chi connectivity index (χ0n) is 15.9. The number of nitrogens with zero attached hydrogens (tertiary/aromatic N) is 3. The van der Waals surface area contributed by atoms with Gasteiger partial charge in [0.05, 0.1) is 11.5 Å². The minimum atomic E-state index is -0.0265. The number of amides is 2. The van der Waals surface area contributed by atoms with Crippen LogP contribution in [0.3, 0.4) is 0 Å². The van der Waals surface area contributed by atoms with Gasteiger partial charge in [0.15, 0.2) is 0 Å². The normalized spacial score (nSPS) is 30.0. The molecule has 24 heavy (non-hydrogen) atoms. The minimum Gasteiger partial charge on any atom is -0.342 e. The zero-order valence-corrected chi connectivity index (χ0v) is 15.9. The van der Waals surface area contributed by atoms with E-state index in [9.17, 15) is 9.59 Å². The fraction of sp³-hybridized carbons (Fsp3) is 0.895. The molecule has 2 amide bonds. The Morgan fingerprint density at radius 2 is 1.79 bits per heavy atom. The van der Waals surface area contributed by atoms with Crippen molar-refractivity contribution in [3.8, 4) is 0 Å². The van der Waals surface area contributed by atoms with E-state index in [1.165, 1.54) is 0 Å². The second-order valence-corrected chi connectivity index (χ2v) is 8.81. The van der Waals surface area contributed by atoms with Crippen molar-refractivity contribution in [2.45, 2.75) is 46.1 Å². The Hall–Kier alpha value is -1.10. The van der Waals surface area contributed by atoms with Gasteiger partial charge >= 0.3 is 0 Å². The molecule has 0 N–H and O–H groups in total. The van der Waals surface area contributed by atoms with Gasteiger partial charge in [0.25, 0.3) is 0 Å². The Kier molecular flexibility index (Phi) is 4.67. The molecular formula is C19H33N3O2. The predicted molar refractivity (Wildman–Crippen MR) is 94.4 cm³/mol. The molecule has 0 aromatic rings. The summed E-state index contributed by atoms with van der Waals surface area (Å²) in [5.41, 5.74) is -0.0265. The lowest BCUT2D eigenvalue weighted by molar-refractivity contribution is -0.139. The number of likely N-dealkylation sites (tertiary alicyclic amines) is 3. The highest BCUT2D eigenvalue weighted by molar-refractivity contribution is 5.84. The van der Waals surface area contributed by atoms with E-state index >= 15 is 0 Å². The summed E-state index contributed by atoms with van der Waals surface area (Å²) < 4.78 is 0. The van der Waals surface area contributed by atoms with Crippen LogP contribution in [0.25, 0.3) is 0 Å². The van der Waals surface area contributed by atoms with E-state index in [1.54, 1.807) is 0 Å². The monoisotopic (exact) mass is 335 g/mol. The quantitative estimate of drug-likeness (QED) is 0.788. The van der Waals surface area contributed by atoms with Crippen LogP contribution in [-0.4, -0.2) is 71.8 Å². The Morgan fingerprint density at radius 1 is 1.17 bits per heavy atom. The van der Waals surface area contributed by atoms with Crippen LogP contribution in [0.15, 0.2) is 0 Å². The van der Waals surface area contributed by atoms with Crippen LogP contribution >= 0.6 is 0 Å². The summed E-state index contributed by atoms with van der Waals surface area (Å²) in [4.78, 5) is 31.7. The average Bonchev–Trinajstić information content (AvgIpc) is 3.02. The molecule has 5 heteroatoms. The number of hydrogen-bond donors (Lipinski definition) is 0. The second kappa shape index (κ2) is 6.32. The molecular weight excluding hydrogens is 302 g/mol. The molecule has 5 nitrogen and oxygen atoms in total. The summed E-state index contributed by atoms with van der Waals surface area (Å²) in [6.07, 6.45) is 1.87. The third kappa shape index (κ3) is 2.75. The van der Waals surface area contributed by atoms with Crippen molar-refractivity contribution in [3.05, 3.63) is 0 Å². The molecule has 3 aliphatic rings. The molecule has 2 atom stereocenters. The minimum absolute atomic E-state index is 0.0265.